The van der Waals surface area contributed by atoms with Gasteiger partial charge in [0, 0.05) is 28.2 Å². The van der Waals surface area contributed by atoms with Crippen molar-refractivity contribution in [2.45, 2.75) is 20.3 Å². The molecule has 5 nitrogen and oxygen atoms in total. The minimum atomic E-state index is -0.499. The van der Waals surface area contributed by atoms with E-state index in [0.29, 0.717) is 29.0 Å². The van der Waals surface area contributed by atoms with Crippen LogP contribution in [0, 0.1) is 5.82 Å². The molecule has 1 heterocycles. The lowest BCUT2D eigenvalue weighted by Gasteiger charge is -2.17. The highest BCUT2D eigenvalue weighted by Gasteiger charge is 2.14. The van der Waals surface area contributed by atoms with Gasteiger partial charge in [-0.2, -0.15) is 0 Å². The summed E-state index contributed by atoms with van der Waals surface area (Å²) in [5.41, 5.74) is 2.47. The Morgan fingerprint density at radius 2 is 2.03 bits per heavy atom. The molecule has 0 saturated carbocycles. The third-order valence-corrected chi connectivity index (χ3v) is 5.79. The monoisotopic (exact) mass is 480 g/mol. The number of halogens is 3. The largest absolute Gasteiger partial charge is 0.352 e. The molecule has 2 aromatic carbocycles. The summed E-state index contributed by atoms with van der Waals surface area (Å²) in [5, 5.41) is 2.99. The Morgan fingerprint density at radius 3 is 2.72 bits per heavy atom. The van der Waals surface area contributed by atoms with Crippen molar-refractivity contribution in [2.24, 2.45) is 0 Å². The van der Waals surface area contributed by atoms with Crippen LogP contribution in [0.15, 0.2) is 34.8 Å². The first-order valence-corrected chi connectivity index (χ1v) is 10.7. The molecule has 0 aliphatic heterocycles. The summed E-state index contributed by atoms with van der Waals surface area (Å²) in [6.07, 6.45) is 0.908. The number of aromatic amines is 1. The molecule has 0 saturated heterocycles. The molecule has 1 aromatic heterocycles. The van der Waals surface area contributed by atoms with Crippen molar-refractivity contribution < 1.29 is 9.18 Å². The molecule has 0 bridgehead atoms. The van der Waals surface area contributed by atoms with Crippen LogP contribution in [0.3, 0.4) is 0 Å². The third kappa shape index (κ3) is 5.15. The normalized spacial score (nSPS) is 11.4. The van der Waals surface area contributed by atoms with Crippen LogP contribution in [0.25, 0.3) is 22.4 Å². The number of nitrogens with zero attached hydrogens (tertiary/aromatic N) is 2. The Kier molecular flexibility index (Phi) is 7.27. The lowest BCUT2D eigenvalue weighted by molar-refractivity contribution is 0.0952. The number of imidazole rings is 1. The van der Waals surface area contributed by atoms with E-state index in [1.807, 2.05) is 6.07 Å². The highest BCUT2D eigenvalue weighted by Crippen LogP contribution is 2.30. The van der Waals surface area contributed by atoms with Gasteiger partial charge in [-0.05, 0) is 50.3 Å². The predicted octanol–water partition coefficient (Wildman–Crippen LogP) is 5.25. The Balaban J connectivity index is 1.69. The van der Waals surface area contributed by atoms with Gasteiger partial charge in [-0.25, -0.2) is 9.37 Å². The van der Waals surface area contributed by atoms with Crippen LogP contribution in [-0.2, 0) is 0 Å². The fourth-order valence-corrected chi connectivity index (χ4v) is 3.85. The maximum absolute atomic E-state index is 13.7. The van der Waals surface area contributed by atoms with Gasteiger partial charge in [0.05, 0.1) is 16.1 Å². The zero-order chi connectivity index (χ0) is 21.0. The lowest BCUT2D eigenvalue weighted by Crippen LogP contribution is -2.29. The molecule has 154 valence electrons. The highest BCUT2D eigenvalue weighted by molar-refractivity contribution is 9.10. The van der Waals surface area contributed by atoms with E-state index in [4.69, 9.17) is 11.6 Å². The molecule has 3 aromatic rings. The summed E-state index contributed by atoms with van der Waals surface area (Å²) in [6.45, 7) is 7.89. The number of carbonyl (C=O) groups is 1. The molecule has 0 fully saturated rings. The number of carbonyl (C=O) groups excluding carboxylic acids is 1. The van der Waals surface area contributed by atoms with E-state index < -0.39 is 5.82 Å². The third-order valence-electron chi connectivity index (χ3n) is 4.84. The van der Waals surface area contributed by atoms with Crippen molar-refractivity contribution in [1.29, 1.82) is 0 Å². The van der Waals surface area contributed by atoms with E-state index in [2.05, 4.69) is 50.0 Å². The number of amides is 1. The Labute approximate surface area is 182 Å². The molecule has 29 heavy (non-hydrogen) atoms. The molecule has 1 amide bonds. The molecule has 0 spiro atoms. The smallest absolute Gasteiger partial charge is 0.251 e. The first-order chi connectivity index (χ1) is 13.9. The molecule has 0 aliphatic rings. The second kappa shape index (κ2) is 9.69. The van der Waals surface area contributed by atoms with Crippen LogP contribution < -0.4 is 5.32 Å². The Hall–Kier alpha value is -1.96. The standard InChI is InChI=1S/C21H23BrClFN4O/c1-3-28(4-2)9-5-8-25-21(29)13-6-7-14(15(22)10-13)20-26-18-11-16(23)17(24)12-19(18)27-20/h6-7,10-12H,3-5,8-9H2,1-2H3,(H,25,29)(H,26,27). The van der Waals surface area contributed by atoms with Crippen molar-refractivity contribution in [2.75, 3.05) is 26.2 Å². The fraction of sp³-hybridized carbons (Fsp3) is 0.333. The molecule has 2 N–H and O–H groups in total. The SMILES string of the molecule is CCN(CC)CCCNC(=O)c1ccc(-c2nc3cc(Cl)c(F)cc3[nH]2)c(Br)c1. The minimum absolute atomic E-state index is 0.0302. The molecule has 3 rings (SSSR count). The highest BCUT2D eigenvalue weighted by atomic mass is 79.9. The van der Waals surface area contributed by atoms with E-state index in [0.717, 1.165) is 36.1 Å². The number of rotatable bonds is 8. The molecule has 8 heteroatoms. The number of aromatic nitrogens is 2. The molecular weight excluding hydrogens is 459 g/mol. The number of H-pyrrole nitrogens is 1. The van der Waals surface area contributed by atoms with Crippen molar-refractivity contribution in [3.05, 3.63) is 51.2 Å². The summed E-state index contributed by atoms with van der Waals surface area (Å²) in [4.78, 5) is 22.3. The second-order valence-electron chi connectivity index (χ2n) is 6.70. The zero-order valence-corrected chi connectivity index (χ0v) is 18.7. The molecule has 0 atom stereocenters. The number of fused-ring (bicyclic) bond motifs is 1. The molecule has 0 unspecified atom stereocenters. The van der Waals surface area contributed by atoms with Crippen LogP contribution in [0.5, 0.6) is 0 Å². The Bertz CT molecular complexity index is 980. The van der Waals surface area contributed by atoms with Crippen molar-refractivity contribution in [1.82, 2.24) is 20.2 Å². The average molecular weight is 482 g/mol. The zero-order valence-electron chi connectivity index (χ0n) is 16.4. The van der Waals surface area contributed by atoms with Gasteiger partial charge < -0.3 is 15.2 Å². The molecular formula is C21H23BrClFN4O. The maximum atomic E-state index is 13.7. The van der Waals surface area contributed by atoms with E-state index in [9.17, 15) is 9.18 Å². The first-order valence-electron chi connectivity index (χ1n) is 9.58. The quantitative estimate of drug-likeness (QED) is 0.432. The summed E-state index contributed by atoms with van der Waals surface area (Å²) in [5.74, 6) is -0.0450. The van der Waals surface area contributed by atoms with Gasteiger partial charge in [0.15, 0.2) is 0 Å². The van der Waals surface area contributed by atoms with E-state index in [1.165, 1.54) is 12.1 Å². The van der Waals surface area contributed by atoms with E-state index >= 15 is 0 Å². The topological polar surface area (TPSA) is 61.0 Å². The maximum Gasteiger partial charge on any atom is 0.251 e. The summed E-state index contributed by atoms with van der Waals surface area (Å²) >= 11 is 9.34. The van der Waals surface area contributed by atoms with Crippen LogP contribution in [-0.4, -0.2) is 47.0 Å². The van der Waals surface area contributed by atoms with Gasteiger partial charge in [0.1, 0.15) is 11.6 Å². The Morgan fingerprint density at radius 1 is 1.28 bits per heavy atom. The van der Waals surface area contributed by atoms with Crippen LogP contribution in [0.2, 0.25) is 5.02 Å². The van der Waals surface area contributed by atoms with Gasteiger partial charge in [-0.3, -0.25) is 4.79 Å². The minimum Gasteiger partial charge on any atom is -0.352 e. The number of nitrogens with one attached hydrogen (secondary N) is 2. The van der Waals surface area contributed by atoms with E-state index in [-0.39, 0.29) is 10.9 Å². The van der Waals surface area contributed by atoms with E-state index in [1.54, 1.807) is 12.1 Å². The molecule has 0 radical (unpaired) electrons. The van der Waals surface area contributed by atoms with Gasteiger partial charge in [0.2, 0.25) is 0 Å². The van der Waals surface area contributed by atoms with Gasteiger partial charge >= 0.3 is 0 Å². The van der Waals surface area contributed by atoms with Crippen molar-refractivity contribution >= 4 is 44.5 Å². The van der Waals surface area contributed by atoms with Crippen LogP contribution in [0.4, 0.5) is 4.39 Å². The predicted molar refractivity (Wildman–Crippen MR) is 119 cm³/mol. The number of benzene rings is 2. The van der Waals surface area contributed by atoms with Gasteiger partial charge in [-0.1, -0.05) is 41.4 Å². The average Bonchev–Trinajstić information content (AvgIpc) is 3.10. The number of hydrogen-bond donors (Lipinski definition) is 2. The van der Waals surface area contributed by atoms with Crippen molar-refractivity contribution in [3.8, 4) is 11.4 Å². The summed E-state index contributed by atoms with van der Waals surface area (Å²) in [6, 6.07) is 8.13. The lowest BCUT2D eigenvalue weighted by atomic mass is 10.1. The summed E-state index contributed by atoms with van der Waals surface area (Å²) in [7, 11) is 0. The first kappa shape index (κ1) is 21.7. The van der Waals surface area contributed by atoms with Crippen LogP contribution >= 0.6 is 27.5 Å². The molecule has 0 aliphatic carbocycles. The summed E-state index contributed by atoms with van der Waals surface area (Å²) < 4.78 is 14.4. The fourth-order valence-electron chi connectivity index (χ4n) is 3.13. The van der Waals surface area contributed by atoms with Gasteiger partial charge in [-0.15, -0.1) is 0 Å². The second-order valence-corrected chi connectivity index (χ2v) is 7.96. The van der Waals surface area contributed by atoms with Crippen molar-refractivity contribution in [3.63, 3.8) is 0 Å². The van der Waals surface area contributed by atoms with Gasteiger partial charge in [0.25, 0.3) is 5.91 Å². The van der Waals surface area contributed by atoms with Crippen LogP contribution in [0.1, 0.15) is 30.6 Å². The number of hydrogen-bond acceptors (Lipinski definition) is 3.